The van der Waals surface area contributed by atoms with Gasteiger partial charge in [-0.15, -0.1) is 0 Å². The molecule has 4 nitrogen and oxygen atoms in total. The van der Waals surface area contributed by atoms with Crippen LogP contribution in [-0.2, 0) is 0 Å². The van der Waals surface area contributed by atoms with Gasteiger partial charge in [0.2, 0.25) is 0 Å². The summed E-state index contributed by atoms with van der Waals surface area (Å²) in [5.41, 5.74) is -0.355. The summed E-state index contributed by atoms with van der Waals surface area (Å²) in [7, 11) is 0. The molecular formula is C14H26N2O2. The Balaban J connectivity index is 1.77. The van der Waals surface area contributed by atoms with Crippen molar-refractivity contribution >= 4 is 6.03 Å². The molecule has 0 aliphatic heterocycles. The molecule has 0 heterocycles. The van der Waals surface area contributed by atoms with Gasteiger partial charge >= 0.3 is 6.03 Å². The van der Waals surface area contributed by atoms with Crippen molar-refractivity contribution in [1.29, 1.82) is 0 Å². The second kappa shape index (κ2) is 5.91. The van der Waals surface area contributed by atoms with Crippen molar-refractivity contribution in [3.8, 4) is 0 Å². The van der Waals surface area contributed by atoms with Crippen LogP contribution in [0.5, 0.6) is 0 Å². The number of carbonyl (C=O) groups excluding carboxylic acids is 1. The molecule has 2 aliphatic carbocycles. The van der Waals surface area contributed by atoms with Gasteiger partial charge in [-0.3, -0.25) is 0 Å². The van der Waals surface area contributed by atoms with Crippen molar-refractivity contribution < 1.29 is 9.90 Å². The van der Waals surface area contributed by atoms with Gasteiger partial charge in [-0.05, 0) is 44.4 Å². The molecular weight excluding hydrogens is 228 g/mol. The van der Waals surface area contributed by atoms with Gasteiger partial charge in [-0.1, -0.05) is 19.8 Å². The minimum Gasteiger partial charge on any atom is -0.394 e. The highest BCUT2D eigenvalue weighted by Crippen LogP contribution is 2.29. The molecule has 2 amide bonds. The van der Waals surface area contributed by atoms with Gasteiger partial charge in [0.25, 0.3) is 0 Å². The first-order valence-electron chi connectivity index (χ1n) is 7.33. The third-order valence-corrected chi connectivity index (χ3v) is 4.59. The lowest BCUT2D eigenvalue weighted by Crippen LogP contribution is -2.55. The maximum Gasteiger partial charge on any atom is 0.315 e. The summed E-state index contributed by atoms with van der Waals surface area (Å²) in [6.45, 7) is 2.33. The van der Waals surface area contributed by atoms with Crippen molar-refractivity contribution in [3.63, 3.8) is 0 Å². The number of hydrogen-bond acceptors (Lipinski definition) is 2. The molecule has 3 N–H and O–H groups in total. The van der Waals surface area contributed by atoms with E-state index in [1.54, 1.807) is 0 Å². The molecule has 0 radical (unpaired) electrons. The molecule has 0 aromatic carbocycles. The number of hydrogen-bond donors (Lipinski definition) is 3. The van der Waals surface area contributed by atoms with E-state index < -0.39 is 0 Å². The molecule has 2 saturated carbocycles. The fourth-order valence-electron chi connectivity index (χ4n) is 3.24. The third-order valence-electron chi connectivity index (χ3n) is 4.59. The average molecular weight is 254 g/mol. The zero-order chi connectivity index (χ0) is 13.0. The van der Waals surface area contributed by atoms with E-state index in [1.165, 1.54) is 12.8 Å². The van der Waals surface area contributed by atoms with Crippen LogP contribution in [-0.4, -0.2) is 29.3 Å². The maximum absolute atomic E-state index is 12.0. The Morgan fingerprint density at radius 3 is 2.39 bits per heavy atom. The molecule has 0 spiro atoms. The molecule has 0 atom stereocenters. The highest BCUT2D eigenvalue weighted by Gasteiger charge is 2.35. The molecule has 104 valence electrons. The van der Waals surface area contributed by atoms with Crippen LogP contribution < -0.4 is 10.6 Å². The monoisotopic (exact) mass is 254 g/mol. The molecule has 18 heavy (non-hydrogen) atoms. The predicted octanol–water partition coefficient (Wildman–Crippen LogP) is 2.17. The first kappa shape index (κ1) is 13.7. The van der Waals surface area contributed by atoms with E-state index in [9.17, 15) is 9.90 Å². The van der Waals surface area contributed by atoms with E-state index in [4.69, 9.17) is 0 Å². The summed E-state index contributed by atoms with van der Waals surface area (Å²) in [5.74, 6) is 0.796. The van der Waals surface area contributed by atoms with Crippen LogP contribution in [0, 0.1) is 5.92 Å². The normalized spacial score (nSPS) is 31.0. The van der Waals surface area contributed by atoms with Gasteiger partial charge < -0.3 is 15.7 Å². The lowest BCUT2D eigenvalue weighted by Gasteiger charge is -2.31. The molecule has 0 saturated heterocycles. The Hall–Kier alpha value is -0.770. The van der Waals surface area contributed by atoms with E-state index >= 15 is 0 Å². The number of urea groups is 1. The topological polar surface area (TPSA) is 61.4 Å². The predicted molar refractivity (Wildman–Crippen MR) is 71.4 cm³/mol. The van der Waals surface area contributed by atoms with Gasteiger partial charge in [-0.25, -0.2) is 4.79 Å². The van der Waals surface area contributed by atoms with Gasteiger partial charge in [0.05, 0.1) is 12.1 Å². The Morgan fingerprint density at radius 2 is 1.83 bits per heavy atom. The summed E-state index contributed by atoms with van der Waals surface area (Å²) < 4.78 is 0. The highest BCUT2D eigenvalue weighted by atomic mass is 16.3. The largest absolute Gasteiger partial charge is 0.394 e. The molecule has 0 bridgehead atoms. The Kier molecular flexibility index (Phi) is 4.49. The minimum atomic E-state index is -0.355. The quantitative estimate of drug-likeness (QED) is 0.723. The fraction of sp³-hybridized carbons (Fsp3) is 0.929. The van der Waals surface area contributed by atoms with Crippen LogP contribution in [0.1, 0.15) is 58.3 Å². The zero-order valence-electron chi connectivity index (χ0n) is 11.4. The number of amides is 2. The lowest BCUT2D eigenvalue weighted by molar-refractivity contribution is 0.160. The Morgan fingerprint density at radius 1 is 1.22 bits per heavy atom. The minimum absolute atomic E-state index is 0.0577. The van der Waals surface area contributed by atoms with Gasteiger partial charge in [0.1, 0.15) is 0 Å². The number of rotatable bonds is 3. The lowest BCUT2D eigenvalue weighted by atomic mass is 9.87. The maximum atomic E-state index is 12.0. The van der Waals surface area contributed by atoms with E-state index in [0.29, 0.717) is 6.04 Å². The Bertz CT molecular complexity index is 280. The van der Waals surface area contributed by atoms with Crippen molar-refractivity contribution in [2.45, 2.75) is 69.9 Å². The van der Waals surface area contributed by atoms with Crippen LogP contribution in [0.15, 0.2) is 0 Å². The third kappa shape index (κ3) is 3.37. The second-order valence-corrected chi connectivity index (χ2v) is 6.20. The van der Waals surface area contributed by atoms with Gasteiger partial charge in [0, 0.05) is 6.04 Å². The summed E-state index contributed by atoms with van der Waals surface area (Å²) in [6.07, 6.45) is 8.58. The average Bonchev–Trinajstić information content (AvgIpc) is 2.81. The van der Waals surface area contributed by atoms with Crippen LogP contribution in [0.2, 0.25) is 0 Å². The second-order valence-electron chi connectivity index (χ2n) is 6.20. The van der Waals surface area contributed by atoms with Gasteiger partial charge in [-0.2, -0.15) is 0 Å². The standard InChI is InChI=1S/C14H26N2O2/c1-11-4-6-12(7-5-11)15-13(18)16-14(10-17)8-2-3-9-14/h11-12,17H,2-10H2,1H3,(H2,15,16,18). The summed E-state index contributed by atoms with van der Waals surface area (Å²) in [6, 6.07) is 0.226. The molecule has 0 unspecified atom stereocenters. The van der Waals surface area contributed by atoms with E-state index in [2.05, 4.69) is 17.6 Å². The first-order valence-corrected chi connectivity index (χ1v) is 7.33. The highest BCUT2D eigenvalue weighted by molar-refractivity contribution is 5.75. The number of nitrogens with one attached hydrogen (secondary N) is 2. The molecule has 0 aromatic heterocycles. The van der Waals surface area contributed by atoms with Crippen molar-refractivity contribution in [2.75, 3.05) is 6.61 Å². The molecule has 2 rings (SSSR count). The van der Waals surface area contributed by atoms with Crippen LogP contribution in [0.3, 0.4) is 0 Å². The van der Waals surface area contributed by atoms with Crippen molar-refractivity contribution in [2.24, 2.45) is 5.92 Å². The van der Waals surface area contributed by atoms with Crippen molar-refractivity contribution in [1.82, 2.24) is 10.6 Å². The number of aliphatic hydroxyl groups excluding tert-OH is 1. The summed E-state index contributed by atoms with van der Waals surface area (Å²) in [5, 5.41) is 15.5. The summed E-state index contributed by atoms with van der Waals surface area (Å²) >= 11 is 0. The zero-order valence-corrected chi connectivity index (χ0v) is 11.4. The number of carbonyl (C=O) groups is 1. The smallest absolute Gasteiger partial charge is 0.315 e. The van der Waals surface area contributed by atoms with E-state index in [1.807, 2.05) is 0 Å². The Labute approximate surface area is 110 Å². The first-order chi connectivity index (χ1) is 8.63. The van der Waals surface area contributed by atoms with E-state index in [-0.39, 0.29) is 18.2 Å². The van der Waals surface area contributed by atoms with Gasteiger partial charge in [0.15, 0.2) is 0 Å². The van der Waals surface area contributed by atoms with Crippen molar-refractivity contribution in [3.05, 3.63) is 0 Å². The summed E-state index contributed by atoms with van der Waals surface area (Å²) in [4.78, 5) is 12.0. The molecule has 2 aliphatic rings. The molecule has 4 heteroatoms. The van der Waals surface area contributed by atoms with Crippen LogP contribution in [0.4, 0.5) is 4.79 Å². The molecule has 2 fully saturated rings. The SMILES string of the molecule is CC1CCC(NC(=O)NC2(CO)CCCC2)CC1. The fourth-order valence-corrected chi connectivity index (χ4v) is 3.24. The molecule has 0 aromatic rings. The number of aliphatic hydroxyl groups is 1. The van der Waals surface area contributed by atoms with Crippen LogP contribution >= 0.6 is 0 Å². The van der Waals surface area contributed by atoms with E-state index in [0.717, 1.165) is 44.4 Å². The van der Waals surface area contributed by atoms with Crippen LogP contribution in [0.25, 0.3) is 0 Å².